The van der Waals surface area contributed by atoms with Crippen LogP contribution in [0.3, 0.4) is 0 Å². The molecule has 0 aromatic rings. The minimum Gasteiger partial charge on any atom is -0.480 e. The van der Waals surface area contributed by atoms with E-state index in [1.807, 2.05) is 6.26 Å². The number of carboxylic acid groups (broad SMARTS) is 1. The van der Waals surface area contributed by atoms with Crippen LogP contribution in [-0.2, 0) is 24.0 Å². The maximum atomic E-state index is 13.1. The van der Waals surface area contributed by atoms with E-state index in [9.17, 15) is 29.1 Å². The van der Waals surface area contributed by atoms with Gasteiger partial charge in [-0.3, -0.25) is 24.2 Å². The molecule has 0 aliphatic carbocycles. The third-order valence-corrected chi connectivity index (χ3v) is 6.00. The van der Waals surface area contributed by atoms with Crippen LogP contribution in [0.2, 0.25) is 0 Å². The van der Waals surface area contributed by atoms with Gasteiger partial charge in [-0.1, -0.05) is 20.3 Å². The van der Waals surface area contributed by atoms with Crippen LogP contribution in [0.15, 0.2) is 4.99 Å². The number of aliphatic imine (C=N–C) groups is 1. The highest BCUT2D eigenvalue weighted by Crippen LogP contribution is 2.10. The van der Waals surface area contributed by atoms with E-state index < -0.39 is 60.2 Å². The number of primary amides is 1. The molecule has 36 heavy (non-hydrogen) atoms. The Morgan fingerprint density at radius 2 is 1.50 bits per heavy atom. The number of nitrogens with zero attached hydrogens (tertiary/aromatic N) is 1. The molecule has 4 amide bonds. The Kier molecular flexibility index (Phi) is 15.9. The fraction of sp³-hybridized carbons (Fsp3) is 0.714. The molecular weight excluding hydrogens is 492 g/mol. The summed E-state index contributed by atoms with van der Waals surface area (Å²) in [7, 11) is 0. The second-order valence-corrected chi connectivity index (χ2v) is 9.33. The van der Waals surface area contributed by atoms with Gasteiger partial charge >= 0.3 is 5.97 Å². The van der Waals surface area contributed by atoms with Crippen molar-refractivity contribution in [1.29, 1.82) is 0 Å². The van der Waals surface area contributed by atoms with Gasteiger partial charge in [-0.05, 0) is 37.2 Å². The normalized spacial score (nSPS) is 14.9. The van der Waals surface area contributed by atoms with E-state index in [0.717, 1.165) is 0 Å². The van der Waals surface area contributed by atoms with Gasteiger partial charge in [0.1, 0.15) is 18.1 Å². The van der Waals surface area contributed by atoms with Crippen molar-refractivity contribution in [3.63, 3.8) is 0 Å². The fourth-order valence-corrected chi connectivity index (χ4v) is 3.55. The molecule has 206 valence electrons. The number of hydrogen-bond acceptors (Lipinski definition) is 8. The Hall–Kier alpha value is -3.07. The topological polar surface area (TPSA) is 258 Å². The first-order chi connectivity index (χ1) is 16.8. The quantitative estimate of drug-likeness (QED) is 0.0526. The number of hydrogen-bond donors (Lipinski definition) is 8. The summed E-state index contributed by atoms with van der Waals surface area (Å²) in [5, 5.41) is 17.1. The zero-order valence-electron chi connectivity index (χ0n) is 21.0. The standard InChI is InChI=1S/C21H40N8O6S/c1-4-11(2)16(20(34)35)29-19(33)13(6-5-8-26-21(24)25)28-18(32)14(7-9-36-3)27-17(31)12(22)10-15(23)30/h11-14,16H,4-10,22H2,1-3H3,(H2,23,30)(H,27,31)(H,28,32)(H,29,33)(H,34,35)(H4,24,25,26). The summed E-state index contributed by atoms with van der Waals surface area (Å²) in [6.45, 7) is 3.67. The summed E-state index contributed by atoms with van der Waals surface area (Å²) >= 11 is 1.44. The van der Waals surface area contributed by atoms with Crippen LogP contribution in [-0.4, -0.2) is 83.4 Å². The van der Waals surface area contributed by atoms with Crippen molar-refractivity contribution in [3.8, 4) is 0 Å². The van der Waals surface area contributed by atoms with Crippen LogP contribution >= 0.6 is 11.8 Å². The molecule has 0 aliphatic heterocycles. The average molecular weight is 533 g/mol. The van der Waals surface area contributed by atoms with Crippen LogP contribution in [0, 0.1) is 5.92 Å². The van der Waals surface area contributed by atoms with Crippen LogP contribution in [0.1, 0.15) is 46.0 Å². The average Bonchev–Trinajstić information content (AvgIpc) is 2.80. The van der Waals surface area contributed by atoms with E-state index in [1.54, 1.807) is 13.8 Å². The Balaban J connectivity index is 5.65. The van der Waals surface area contributed by atoms with Gasteiger partial charge in [-0.15, -0.1) is 0 Å². The number of thioether (sulfide) groups is 1. The van der Waals surface area contributed by atoms with Crippen LogP contribution in [0.4, 0.5) is 0 Å². The summed E-state index contributed by atoms with van der Waals surface area (Å²) in [5.41, 5.74) is 21.4. The predicted molar refractivity (Wildman–Crippen MR) is 138 cm³/mol. The molecule has 0 aromatic carbocycles. The number of nitrogens with one attached hydrogen (secondary N) is 3. The zero-order chi connectivity index (χ0) is 27.8. The first kappa shape index (κ1) is 32.9. The third kappa shape index (κ3) is 13.1. The van der Waals surface area contributed by atoms with Gasteiger partial charge in [0.05, 0.1) is 12.5 Å². The fourth-order valence-electron chi connectivity index (χ4n) is 3.07. The number of guanidine groups is 1. The lowest BCUT2D eigenvalue weighted by Gasteiger charge is -2.26. The first-order valence-corrected chi connectivity index (χ1v) is 12.9. The molecule has 0 saturated heterocycles. The lowest BCUT2D eigenvalue weighted by Crippen LogP contribution is -2.58. The number of amides is 4. The van der Waals surface area contributed by atoms with E-state index >= 15 is 0 Å². The summed E-state index contributed by atoms with van der Waals surface area (Å²) in [6, 6.07) is -4.57. The largest absolute Gasteiger partial charge is 0.480 e. The van der Waals surface area contributed by atoms with Crippen LogP contribution in [0.5, 0.6) is 0 Å². The second-order valence-electron chi connectivity index (χ2n) is 8.34. The van der Waals surface area contributed by atoms with Crippen molar-refractivity contribution < 1.29 is 29.1 Å². The molecule has 0 bridgehead atoms. The molecule has 5 atom stereocenters. The van der Waals surface area contributed by atoms with Gasteiger partial charge in [-0.2, -0.15) is 11.8 Å². The molecule has 0 rings (SSSR count). The maximum Gasteiger partial charge on any atom is 0.326 e. The molecule has 15 heteroatoms. The van der Waals surface area contributed by atoms with Crippen molar-refractivity contribution >= 4 is 47.3 Å². The molecule has 5 unspecified atom stereocenters. The molecular formula is C21H40N8O6S. The van der Waals surface area contributed by atoms with E-state index in [0.29, 0.717) is 18.6 Å². The number of carbonyl (C=O) groups excluding carboxylic acids is 4. The summed E-state index contributed by atoms with van der Waals surface area (Å²) in [5.74, 6) is -4.06. The highest BCUT2D eigenvalue weighted by Gasteiger charge is 2.31. The Labute approximate surface area is 215 Å². The molecule has 14 nitrogen and oxygen atoms in total. The van der Waals surface area contributed by atoms with E-state index in [1.165, 1.54) is 11.8 Å². The Morgan fingerprint density at radius 3 is 2.00 bits per heavy atom. The van der Waals surface area contributed by atoms with Gasteiger partial charge in [0.2, 0.25) is 23.6 Å². The molecule has 0 saturated carbocycles. The van der Waals surface area contributed by atoms with E-state index in [-0.39, 0.29) is 31.3 Å². The lowest BCUT2D eigenvalue weighted by molar-refractivity contribution is -0.144. The highest BCUT2D eigenvalue weighted by molar-refractivity contribution is 7.98. The second kappa shape index (κ2) is 17.4. The molecule has 12 N–H and O–H groups in total. The molecule has 0 spiro atoms. The Bertz CT molecular complexity index is 792. The van der Waals surface area contributed by atoms with Gasteiger partial charge in [0.15, 0.2) is 5.96 Å². The molecule has 0 heterocycles. The molecule has 0 radical (unpaired) electrons. The highest BCUT2D eigenvalue weighted by atomic mass is 32.2. The SMILES string of the molecule is CCC(C)C(NC(=O)C(CCCN=C(N)N)NC(=O)C(CCSC)NC(=O)C(N)CC(N)=O)C(=O)O. The van der Waals surface area contributed by atoms with E-state index in [2.05, 4.69) is 20.9 Å². The smallest absolute Gasteiger partial charge is 0.326 e. The van der Waals surface area contributed by atoms with Crippen LogP contribution in [0.25, 0.3) is 0 Å². The number of carboxylic acids is 1. The van der Waals surface area contributed by atoms with Gasteiger partial charge in [0, 0.05) is 6.54 Å². The molecule has 0 aromatic heterocycles. The van der Waals surface area contributed by atoms with Crippen molar-refractivity contribution in [3.05, 3.63) is 0 Å². The summed E-state index contributed by atoms with van der Waals surface area (Å²) in [4.78, 5) is 65.0. The summed E-state index contributed by atoms with van der Waals surface area (Å²) < 4.78 is 0. The van der Waals surface area contributed by atoms with Crippen molar-refractivity contribution in [2.75, 3.05) is 18.6 Å². The predicted octanol–water partition coefficient (Wildman–Crippen LogP) is -2.42. The van der Waals surface area contributed by atoms with Crippen LogP contribution < -0.4 is 38.9 Å². The van der Waals surface area contributed by atoms with Gasteiger partial charge in [0.25, 0.3) is 0 Å². The minimum atomic E-state index is -1.24. The van der Waals surface area contributed by atoms with E-state index in [4.69, 9.17) is 22.9 Å². The van der Waals surface area contributed by atoms with Gasteiger partial charge in [-0.25, -0.2) is 4.79 Å². The first-order valence-electron chi connectivity index (χ1n) is 11.6. The third-order valence-electron chi connectivity index (χ3n) is 5.36. The lowest BCUT2D eigenvalue weighted by atomic mass is 9.98. The number of carbonyl (C=O) groups is 5. The number of nitrogens with two attached hydrogens (primary N) is 4. The van der Waals surface area contributed by atoms with Crippen molar-refractivity contribution in [2.45, 2.75) is 70.1 Å². The summed E-state index contributed by atoms with van der Waals surface area (Å²) in [6.07, 6.45) is 2.55. The van der Waals surface area contributed by atoms with Gasteiger partial charge < -0.3 is 44.0 Å². The number of rotatable bonds is 18. The molecule has 0 aliphatic rings. The number of aliphatic carboxylic acids is 1. The van der Waals surface area contributed by atoms with Crippen molar-refractivity contribution in [1.82, 2.24) is 16.0 Å². The Morgan fingerprint density at radius 1 is 0.944 bits per heavy atom. The van der Waals surface area contributed by atoms with Crippen molar-refractivity contribution in [2.24, 2.45) is 33.8 Å². The zero-order valence-corrected chi connectivity index (χ0v) is 21.8. The monoisotopic (exact) mass is 532 g/mol. The molecule has 0 fully saturated rings. The maximum absolute atomic E-state index is 13.1. The minimum absolute atomic E-state index is 0.103.